The minimum absolute atomic E-state index is 0.00477. The second-order valence-electron chi connectivity index (χ2n) is 10.3. The number of hydrogen-bond acceptors (Lipinski definition) is 5. The van der Waals surface area contributed by atoms with Crippen LogP contribution >= 0.6 is 0 Å². The van der Waals surface area contributed by atoms with Crippen molar-refractivity contribution in [3.63, 3.8) is 0 Å². The van der Waals surface area contributed by atoms with Gasteiger partial charge in [0.15, 0.2) is 5.69 Å². The number of aliphatic hydroxyl groups excluding tert-OH is 1. The molecule has 2 aromatic heterocycles. The maximum Gasteiger partial charge on any atom is 0.276 e. The fourth-order valence-electron chi connectivity index (χ4n) is 5.17. The standard InChI is InChI=1S/C31H31FN6O4/c1-4-27(40)35-26-13-20(10-11-24(26)32)16-38-29-18(2)15-37(31(42)25-9-6-12-33-25)17-23(29)28(36-38)30(41)34-22-8-5-7-21(14-22)19(3)39/h4-14,18-19,33,39H,1,15-17H2,2-3H3,(H,34,41)(H,35,40)/t18?,19-/m0/s1. The second kappa shape index (κ2) is 11.8. The summed E-state index contributed by atoms with van der Waals surface area (Å²) >= 11 is 0. The number of carbonyl (C=O) groups excluding carboxylic acids is 3. The predicted octanol–water partition coefficient (Wildman–Crippen LogP) is 4.59. The van der Waals surface area contributed by atoms with E-state index in [1.54, 1.807) is 65.2 Å². The third kappa shape index (κ3) is 5.86. The number of amides is 3. The Balaban J connectivity index is 1.52. The molecular weight excluding hydrogens is 539 g/mol. The third-order valence-corrected chi connectivity index (χ3v) is 7.17. The van der Waals surface area contributed by atoms with E-state index in [4.69, 9.17) is 0 Å². The van der Waals surface area contributed by atoms with Gasteiger partial charge in [-0.3, -0.25) is 19.1 Å². The van der Waals surface area contributed by atoms with E-state index in [2.05, 4.69) is 27.3 Å². The zero-order valence-corrected chi connectivity index (χ0v) is 23.2. The number of benzene rings is 2. The molecule has 0 saturated heterocycles. The van der Waals surface area contributed by atoms with Crippen molar-refractivity contribution in [2.45, 2.75) is 39.0 Å². The van der Waals surface area contributed by atoms with E-state index in [9.17, 15) is 23.9 Å². The van der Waals surface area contributed by atoms with Crippen LogP contribution in [-0.4, -0.2) is 49.0 Å². The number of carbonyl (C=O) groups is 3. The summed E-state index contributed by atoms with van der Waals surface area (Å²) in [7, 11) is 0. The highest BCUT2D eigenvalue weighted by Gasteiger charge is 2.34. The molecule has 1 aliphatic heterocycles. The van der Waals surface area contributed by atoms with Gasteiger partial charge in [0.05, 0.1) is 24.9 Å². The fraction of sp³-hybridized carbons (Fsp3) is 0.226. The Bertz CT molecular complexity index is 1660. The molecule has 0 bridgehead atoms. The van der Waals surface area contributed by atoms with Crippen molar-refractivity contribution in [3.05, 3.63) is 113 Å². The van der Waals surface area contributed by atoms with E-state index in [-0.39, 0.29) is 36.3 Å². The molecule has 1 aliphatic rings. The van der Waals surface area contributed by atoms with E-state index < -0.39 is 23.7 Å². The van der Waals surface area contributed by atoms with Crippen LogP contribution in [0.1, 0.15) is 69.2 Å². The van der Waals surface area contributed by atoms with Crippen LogP contribution in [0.4, 0.5) is 15.8 Å². The molecule has 0 radical (unpaired) electrons. The average Bonchev–Trinajstić information content (AvgIpc) is 3.63. The molecule has 2 aromatic carbocycles. The number of nitrogens with zero attached hydrogens (tertiary/aromatic N) is 3. The van der Waals surface area contributed by atoms with Gasteiger partial charge in [-0.05, 0) is 60.5 Å². The summed E-state index contributed by atoms with van der Waals surface area (Å²) in [6.45, 7) is 7.76. The molecule has 3 amide bonds. The quantitative estimate of drug-likeness (QED) is 0.230. The van der Waals surface area contributed by atoms with Gasteiger partial charge in [0.25, 0.3) is 11.8 Å². The lowest BCUT2D eigenvalue weighted by Gasteiger charge is -2.32. The number of nitrogens with one attached hydrogen (secondary N) is 3. The van der Waals surface area contributed by atoms with Crippen molar-refractivity contribution in [2.24, 2.45) is 0 Å². The van der Waals surface area contributed by atoms with Crippen LogP contribution in [-0.2, 0) is 17.9 Å². The monoisotopic (exact) mass is 570 g/mol. The number of anilines is 2. The van der Waals surface area contributed by atoms with Crippen LogP contribution < -0.4 is 10.6 Å². The van der Waals surface area contributed by atoms with Gasteiger partial charge in [-0.15, -0.1) is 0 Å². The highest BCUT2D eigenvalue weighted by Crippen LogP contribution is 2.33. The Hall–Kier alpha value is -5.03. The van der Waals surface area contributed by atoms with Crippen molar-refractivity contribution in [3.8, 4) is 0 Å². The van der Waals surface area contributed by atoms with Gasteiger partial charge in [0.2, 0.25) is 5.91 Å². The second-order valence-corrected chi connectivity index (χ2v) is 10.3. The van der Waals surface area contributed by atoms with Crippen molar-refractivity contribution in [1.82, 2.24) is 19.7 Å². The minimum Gasteiger partial charge on any atom is -0.389 e. The number of halogens is 1. The molecule has 11 heteroatoms. The van der Waals surface area contributed by atoms with Crippen LogP contribution in [0, 0.1) is 5.82 Å². The van der Waals surface area contributed by atoms with Crippen molar-refractivity contribution < 1.29 is 23.9 Å². The van der Waals surface area contributed by atoms with Gasteiger partial charge >= 0.3 is 0 Å². The first-order valence-corrected chi connectivity index (χ1v) is 13.5. The van der Waals surface area contributed by atoms with Crippen LogP contribution in [0.25, 0.3) is 0 Å². The smallest absolute Gasteiger partial charge is 0.276 e. The van der Waals surface area contributed by atoms with Crippen molar-refractivity contribution in [1.29, 1.82) is 0 Å². The van der Waals surface area contributed by atoms with Gasteiger partial charge in [-0.25, -0.2) is 4.39 Å². The number of aromatic nitrogens is 3. The Kier molecular flexibility index (Phi) is 8.03. The number of fused-ring (bicyclic) bond motifs is 1. The Morgan fingerprint density at radius 1 is 1.19 bits per heavy atom. The van der Waals surface area contributed by atoms with Gasteiger partial charge in [0.1, 0.15) is 11.5 Å². The molecule has 1 unspecified atom stereocenters. The maximum absolute atomic E-state index is 14.4. The largest absolute Gasteiger partial charge is 0.389 e. The lowest BCUT2D eigenvalue weighted by Crippen LogP contribution is -2.38. The molecule has 2 atom stereocenters. The topological polar surface area (TPSA) is 132 Å². The van der Waals surface area contributed by atoms with Crippen LogP contribution in [0.2, 0.25) is 0 Å². The van der Waals surface area contributed by atoms with Crippen molar-refractivity contribution in [2.75, 3.05) is 17.2 Å². The Labute approximate surface area is 241 Å². The molecule has 5 rings (SSSR count). The SMILES string of the molecule is C=CC(=O)Nc1cc(Cn2nc(C(=O)Nc3cccc([C@H](C)O)c3)c3c2C(C)CN(C(=O)c2ccc[nH]2)C3)ccc1F. The third-order valence-electron chi connectivity index (χ3n) is 7.17. The highest BCUT2D eigenvalue weighted by molar-refractivity contribution is 6.04. The van der Waals surface area contributed by atoms with Crippen molar-refractivity contribution >= 4 is 29.1 Å². The normalized spacial score (nSPS) is 15.0. The zero-order chi connectivity index (χ0) is 30.0. The summed E-state index contributed by atoms with van der Waals surface area (Å²) in [5.74, 6) is -1.97. The maximum atomic E-state index is 14.4. The first kappa shape index (κ1) is 28.5. The molecule has 10 nitrogen and oxygen atoms in total. The lowest BCUT2D eigenvalue weighted by atomic mass is 9.95. The summed E-state index contributed by atoms with van der Waals surface area (Å²) in [6, 6.07) is 14.7. The molecule has 0 saturated carbocycles. The van der Waals surface area contributed by atoms with E-state index in [1.165, 1.54) is 12.1 Å². The number of aliphatic hydroxyl groups is 1. The predicted molar refractivity (Wildman–Crippen MR) is 156 cm³/mol. The molecule has 0 aliphatic carbocycles. The van der Waals surface area contributed by atoms with Gasteiger partial charge < -0.3 is 25.6 Å². The first-order valence-electron chi connectivity index (χ1n) is 13.5. The van der Waals surface area contributed by atoms with Gasteiger partial charge in [0, 0.05) is 35.6 Å². The molecule has 0 fully saturated rings. The average molecular weight is 571 g/mol. The molecule has 4 aromatic rings. The molecule has 3 heterocycles. The number of hydrogen-bond donors (Lipinski definition) is 4. The molecule has 42 heavy (non-hydrogen) atoms. The lowest BCUT2D eigenvalue weighted by molar-refractivity contribution is -0.111. The number of rotatable bonds is 8. The molecule has 4 N–H and O–H groups in total. The molecular formula is C31H31FN6O4. The van der Waals surface area contributed by atoms with Gasteiger partial charge in [-0.2, -0.15) is 5.10 Å². The first-order chi connectivity index (χ1) is 20.1. The van der Waals surface area contributed by atoms with E-state index >= 15 is 0 Å². The van der Waals surface area contributed by atoms with Crippen LogP contribution in [0.3, 0.4) is 0 Å². The van der Waals surface area contributed by atoms with E-state index in [0.29, 0.717) is 34.6 Å². The highest BCUT2D eigenvalue weighted by atomic mass is 19.1. The molecule has 216 valence electrons. The molecule has 0 spiro atoms. The van der Waals surface area contributed by atoms with Gasteiger partial charge in [-0.1, -0.05) is 31.7 Å². The minimum atomic E-state index is -0.709. The summed E-state index contributed by atoms with van der Waals surface area (Å²) in [5, 5.41) is 20.0. The zero-order valence-electron chi connectivity index (χ0n) is 23.2. The van der Waals surface area contributed by atoms with E-state index in [0.717, 1.165) is 11.8 Å². The Morgan fingerprint density at radius 3 is 2.71 bits per heavy atom. The summed E-state index contributed by atoms with van der Waals surface area (Å²) in [4.78, 5) is 43.3. The fourth-order valence-corrected chi connectivity index (χ4v) is 5.17. The number of H-pyrrole nitrogens is 1. The van der Waals surface area contributed by atoms with E-state index in [1.807, 2.05) is 6.92 Å². The summed E-state index contributed by atoms with van der Waals surface area (Å²) in [6.07, 6.45) is 2.03. The van der Waals surface area contributed by atoms with Crippen LogP contribution in [0.5, 0.6) is 0 Å². The Morgan fingerprint density at radius 2 is 2.00 bits per heavy atom. The summed E-state index contributed by atoms with van der Waals surface area (Å²) in [5.41, 5.74) is 3.79. The summed E-state index contributed by atoms with van der Waals surface area (Å²) < 4.78 is 16.1. The number of aromatic amines is 1. The van der Waals surface area contributed by atoms with Crippen LogP contribution in [0.15, 0.2) is 73.4 Å².